The fourth-order valence-electron chi connectivity index (χ4n) is 4.23. The Hall–Kier alpha value is -2.15. The lowest BCUT2D eigenvalue weighted by atomic mass is 10.0. The average molecular weight is 470 g/mol. The van der Waals surface area contributed by atoms with Crippen LogP contribution in [0.1, 0.15) is 43.9 Å². The molecular weight excluding hydrogens is 430 g/mol. The first-order valence-corrected chi connectivity index (χ1v) is 12.7. The molecule has 1 aliphatic heterocycles. The second-order valence-corrected chi connectivity index (χ2v) is 8.78. The molecular formula is C27H39N3O2S. The van der Waals surface area contributed by atoms with Crippen LogP contribution in [0, 0.1) is 0 Å². The molecule has 2 aromatic carbocycles. The summed E-state index contributed by atoms with van der Waals surface area (Å²) >= 11 is 5.97. The molecule has 1 fully saturated rings. The van der Waals surface area contributed by atoms with Gasteiger partial charge in [-0.05, 0) is 67.2 Å². The molecule has 3 rings (SSSR count). The number of benzene rings is 2. The standard InChI is InChI=1S/C27H39N3O2S/c1-4-23-9-7-10-24(5-2)26(23)28-27(33)30(16-8-15-29-17-19-31-20-18-29)21-22-11-13-25(14-12-22)32-6-3/h7,9-14H,4-6,8,15-21H2,1-3H3,(H,28,33). The van der Waals surface area contributed by atoms with Crippen molar-refractivity contribution in [3.8, 4) is 5.75 Å². The third-order valence-corrected chi connectivity index (χ3v) is 6.49. The maximum Gasteiger partial charge on any atom is 0.173 e. The van der Waals surface area contributed by atoms with E-state index >= 15 is 0 Å². The highest BCUT2D eigenvalue weighted by atomic mass is 32.1. The first-order chi connectivity index (χ1) is 16.1. The van der Waals surface area contributed by atoms with Gasteiger partial charge in [0.05, 0.1) is 19.8 Å². The van der Waals surface area contributed by atoms with E-state index in [2.05, 4.69) is 59.3 Å². The Bertz CT molecular complexity index is 844. The lowest BCUT2D eigenvalue weighted by Crippen LogP contribution is -2.40. The molecule has 6 heteroatoms. The van der Waals surface area contributed by atoms with Crippen molar-refractivity contribution in [3.05, 3.63) is 59.2 Å². The molecule has 0 amide bonds. The molecule has 0 unspecified atom stereocenters. The van der Waals surface area contributed by atoms with Gasteiger partial charge in [-0.2, -0.15) is 0 Å². The summed E-state index contributed by atoms with van der Waals surface area (Å²) in [4.78, 5) is 4.79. The van der Waals surface area contributed by atoms with Crippen LogP contribution in [-0.4, -0.2) is 60.9 Å². The van der Waals surface area contributed by atoms with E-state index in [1.54, 1.807) is 0 Å². The number of hydrogen-bond acceptors (Lipinski definition) is 4. The zero-order valence-electron chi connectivity index (χ0n) is 20.4. The van der Waals surface area contributed by atoms with Gasteiger partial charge < -0.3 is 19.7 Å². The van der Waals surface area contributed by atoms with Crippen molar-refractivity contribution in [2.45, 2.75) is 46.6 Å². The number of morpholine rings is 1. The minimum atomic E-state index is 0.678. The van der Waals surface area contributed by atoms with Gasteiger partial charge in [0, 0.05) is 38.4 Å². The summed E-state index contributed by atoms with van der Waals surface area (Å²) in [5, 5.41) is 4.41. The lowest BCUT2D eigenvalue weighted by molar-refractivity contribution is 0.0368. The van der Waals surface area contributed by atoms with Crippen molar-refractivity contribution in [1.29, 1.82) is 0 Å². The quantitative estimate of drug-likeness (QED) is 0.460. The molecule has 180 valence electrons. The largest absolute Gasteiger partial charge is 0.494 e. The van der Waals surface area contributed by atoms with Crippen molar-refractivity contribution in [2.75, 3.05) is 51.3 Å². The summed E-state index contributed by atoms with van der Waals surface area (Å²) in [6.07, 6.45) is 3.03. The van der Waals surface area contributed by atoms with Crippen molar-refractivity contribution >= 4 is 23.0 Å². The summed E-state index contributed by atoms with van der Waals surface area (Å²) in [5.41, 5.74) is 5.03. The van der Waals surface area contributed by atoms with E-state index in [9.17, 15) is 0 Å². The maximum atomic E-state index is 5.97. The molecule has 0 atom stereocenters. The van der Waals surface area contributed by atoms with Gasteiger partial charge in [0.25, 0.3) is 0 Å². The van der Waals surface area contributed by atoms with Gasteiger partial charge in [0.1, 0.15) is 5.75 Å². The molecule has 1 N–H and O–H groups in total. The Kier molecular flexibility index (Phi) is 10.4. The molecule has 0 aromatic heterocycles. The van der Waals surface area contributed by atoms with Crippen molar-refractivity contribution < 1.29 is 9.47 Å². The Morgan fingerprint density at radius 1 is 1.03 bits per heavy atom. The van der Waals surface area contributed by atoms with E-state index in [4.69, 9.17) is 21.7 Å². The van der Waals surface area contributed by atoms with E-state index in [1.165, 1.54) is 22.4 Å². The maximum absolute atomic E-state index is 5.97. The van der Waals surface area contributed by atoms with Crippen LogP contribution in [-0.2, 0) is 24.1 Å². The predicted molar refractivity (Wildman–Crippen MR) is 141 cm³/mol. The number of rotatable bonds is 11. The van der Waals surface area contributed by atoms with Gasteiger partial charge in [-0.1, -0.05) is 44.2 Å². The van der Waals surface area contributed by atoms with Crippen molar-refractivity contribution in [2.24, 2.45) is 0 Å². The van der Waals surface area contributed by atoms with Crippen LogP contribution in [0.5, 0.6) is 5.75 Å². The van der Waals surface area contributed by atoms with Crippen LogP contribution in [0.3, 0.4) is 0 Å². The van der Waals surface area contributed by atoms with Crippen LogP contribution in [0.4, 0.5) is 5.69 Å². The predicted octanol–water partition coefficient (Wildman–Crippen LogP) is 5.13. The summed E-state index contributed by atoms with van der Waals surface area (Å²) in [6, 6.07) is 14.9. The van der Waals surface area contributed by atoms with Crippen LogP contribution in [0.2, 0.25) is 0 Å². The lowest BCUT2D eigenvalue weighted by Gasteiger charge is -2.30. The first-order valence-electron chi connectivity index (χ1n) is 12.3. The fourth-order valence-corrected chi connectivity index (χ4v) is 4.49. The zero-order chi connectivity index (χ0) is 23.5. The Balaban J connectivity index is 1.71. The fraction of sp³-hybridized carbons (Fsp3) is 0.519. The molecule has 0 bridgehead atoms. The monoisotopic (exact) mass is 469 g/mol. The van der Waals surface area contributed by atoms with Gasteiger partial charge in [0.15, 0.2) is 5.11 Å². The number of nitrogens with zero attached hydrogens (tertiary/aromatic N) is 2. The molecule has 2 aromatic rings. The Labute approximate surface area is 205 Å². The normalized spacial score (nSPS) is 14.2. The first kappa shape index (κ1) is 25.5. The SMILES string of the molecule is CCOc1ccc(CN(CCCN2CCOCC2)C(=S)Nc2c(CC)cccc2CC)cc1. The highest BCUT2D eigenvalue weighted by Gasteiger charge is 2.16. The van der Waals surface area contributed by atoms with Crippen molar-refractivity contribution in [3.63, 3.8) is 0 Å². The minimum absolute atomic E-state index is 0.678. The van der Waals surface area contributed by atoms with Gasteiger partial charge >= 0.3 is 0 Å². The van der Waals surface area contributed by atoms with E-state index in [-0.39, 0.29) is 0 Å². The molecule has 33 heavy (non-hydrogen) atoms. The second-order valence-electron chi connectivity index (χ2n) is 8.39. The van der Waals surface area contributed by atoms with Crippen LogP contribution in [0.25, 0.3) is 0 Å². The average Bonchev–Trinajstić information content (AvgIpc) is 2.85. The number of para-hydroxylation sites is 1. The van der Waals surface area contributed by atoms with Gasteiger partial charge in [-0.3, -0.25) is 4.90 Å². The molecule has 0 radical (unpaired) electrons. The number of aryl methyl sites for hydroxylation is 2. The number of ether oxygens (including phenoxy) is 2. The number of hydrogen-bond donors (Lipinski definition) is 1. The van der Waals surface area contributed by atoms with E-state index in [0.29, 0.717) is 6.61 Å². The van der Waals surface area contributed by atoms with E-state index < -0.39 is 0 Å². The summed E-state index contributed by atoms with van der Waals surface area (Å²) < 4.78 is 11.1. The molecule has 0 aliphatic carbocycles. The van der Waals surface area contributed by atoms with E-state index in [0.717, 1.165) is 76.1 Å². The van der Waals surface area contributed by atoms with Gasteiger partial charge in [0.2, 0.25) is 0 Å². The molecule has 1 aliphatic rings. The van der Waals surface area contributed by atoms with Gasteiger partial charge in [-0.25, -0.2) is 0 Å². The number of nitrogens with one attached hydrogen (secondary N) is 1. The summed E-state index contributed by atoms with van der Waals surface area (Å²) in [5.74, 6) is 0.908. The highest BCUT2D eigenvalue weighted by Crippen LogP contribution is 2.24. The third-order valence-electron chi connectivity index (χ3n) is 6.13. The van der Waals surface area contributed by atoms with E-state index in [1.807, 2.05) is 19.1 Å². The van der Waals surface area contributed by atoms with Crippen LogP contribution < -0.4 is 10.1 Å². The molecule has 1 saturated heterocycles. The minimum Gasteiger partial charge on any atom is -0.494 e. The summed E-state index contributed by atoms with van der Waals surface area (Å²) in [6.45, 7) is 13.5. The Morgan fingerprint density at radius 3 is 2.30 bits per heavy atom. The molecule has 1 heterocycles. The molecule has 0 spiro atoms. The van der Waals surface area contributed by atoms with Crippen LogP contribution >= 0.6 is 12.2 Å². The number of anilines is 1. The highest BCUT2D eigenvalue weighted by molar-refractivity contribution is 7.80. The van der Waals surface area contributed by atoms with Crippen LogP contribution in [0.15, 0.2) is 42.5 Å². The second kappa shape index (κ2) is 13.5. The smallest absolute Gasteiger partial charge is 0.173 e. The zero-order valence-corrected chi connectivity index (χ0v) is 21.3. The summed E-state index contributed by atoms with van der Waals surface area (Å²) in [7, 11) is 0. The number of thiocarbonyl (C=S) groups is 1. The third kappa shape index (κ3) is 7.70. The van der Waals surface area contributed by atoms with Gasteiger partial charge in [-0.15, -0.1) is 0 Å². The molecule has 0 saturated carbocycles. The van der Waals surface area contributed by atoms with Crippen molar-refractivity contribution in [1.82, 2.24) is 9.80 Å². The molecule has 5 nitrogen and oxygen atoms in total. The Morgan fingerprint density at radius 2 is 1.70 bits per heavy atom. The topological polar surface area (TPSA) is 37.0 Å².